The van der Waals surface area contributed by atoms with E-state index in [4.69, 9.17) is 0 Å². The van der Waals surface area contributed by atoms with Crippen LogP contribution in [0.3, 0.4) is 0 Å². The van der Waals surface area contributed by atoms with Gasteiger partial charge in [0.2, 0.25) is 0 Å². The molecule has 6 aromatic rings. The predicted molar refractivity (Wildman–Crippen MR) is 194 cm³/mol. The van der Waals surface area contributed by atoms with Crippen LogP contribution in [0.25, 0.3) is 44.3 Å². The Bertz CT molecular complexity index is 1780. The first kappa shape index (κ1) is 37.2. The molecule has 246 valence electrons. The Morgan fingerprint density at radius 3 is 1.02 bits per heavy atom. The molecule has 2 saturated carbocycles. The average molecular weight is 687 g/mol. The first-order valence-corrected chi connectivity index (χ1v) is 16.9. The Balaban J connectivity index is 0.000000169. The van der Waals surface area contributed by atoms with Crippen molar-refractivity contribution in [2.24, 2.45) is 0 Å². The smallest absolute Gasteiger partial charge is 0.478 e. The van der Waals surface area contributed by atoms with E-state index in [1.165, 1.54) is 64.2 Å². The molecule has 6 nitrogen and oxygen atoms in total. The number of aromatic nitrogens is 2. The van der Waals surface area contributed by atoms with Crippen LogP contribution in [0.15, 0.2) is 121 Å². The Morgan fingerprint density at radius 1 is 0.429 bits per heavy atom. The van der Waals surface area contributed by atoms with E-state index in [2.05, 4.69) is 9.97 Å². The zero-order valence-corrected chi connectivity index (χ0v) is 29.3. The molecule has 2 aliphatic rings. The summed E-state index contributed by atoms with van der Waals surface area (Å²) in [7, 11) is 0. The van der Waals surface area contributed by atoms with Crippen molar-refractivity contribution in [3.63, 3.8) is 0 Å². The van der Waals surface area contributed by atoms with E-state index in [0.29, 0.717) is 33.2 Å². The Morgan fingerprint density at radius 2 is 0.714 bits per heavy atom. The first-order chi connectivity index (χ1) is 23.5. The molecule has 0 atom stereocenters. The van der Waals surface area contributed by atoms with Gasteiger partial charge in [-0.15, -0.1) is 0 Å². The molecule has 0 saturated heterocycles. The Kier molecular flexibility index (Phi) is 14.7. The van der Waals surface area contributed by atoms with E-state index in [9.17, 15) is 19.8 Å². The van der Waals surface area contributed by atoms with E-state index in [1.54, 1.807) is 24.3 Å². The summed E-state index contributed by atoms with van der Waals surface area (Å²) in [5.41, 5.74) is 5.14. The van der Waals surface area contributed by atoms with Gasteiger partial charge in [0.1, 0.15) is 0 Å². The van der Waals surface area contributed by atoms with Crippen molar-refractivity contribution in [1.29, 1.82) is 0 Å². The number of fused-ring (bicyclic) bond motifs is 2. The SMILES string of the molecule is C1CCCC1.C1CCCC1.O=C(O)c1cc(-c2ccccc2)nc2ccccc12.O=C(O)c1cc(-c2ccccc2)nc2ccccc12.[Ti+2]. The summed E-state index contributed by atoms with van der Waals surface area (Å²) in [6.07, 6.45) is 15.0. The molecule has 7 heteroatoms. The van der Waals surface area contributed by atoms with Crippen molar-refractivity contribution in [3.05, 3.63) is 132 Å². The van der Waals surface area contributed by atoms with Gasteiger partial charge in [-0.25, -0.2) is 19.6 Å². The molecule has 4 aromatic carbocycles. The largest absolute Gasteiger partial charge is 2.00 e. The van der Waals surface area contributed by atoms with Crippen LogP contribution >= 0.6 is 0 Å². The maximum absolute atomic E-state index is 11.4. The third kappa shape index (κ3) is 10.7. The maximum atomic E-state index is 11.4. The van der Waals surface area contributed by atoms with Crippen molar-refractivity contribution in [2.45, 2.75) is 64.2 Å². The van der Waals surface area contributed by atoms with Gasteiger partial charge in [-0.3, -0.25) is 0 Å². The van der Waals surface area contributed by atoms with Crippen molar-refractivity contribution < 1.29 is 41.5 Å². The molecule has 0 bridgehead atoms. The number of hydrogen-bond donors (Lipinski definition) is 2. The molecule has 2 aromatic heterocycles. The summed E-state index contributed by atoms with van der Waals surface area (Å²) in [5, 5.41) is 20.0. The number of carboxylic acids is 2. The summed E-state index contributed by atoms with van der Waals surface area (Å²) in [5.74, 6) is -1.87. The van der Waals surface area contributed by atoms with Crippen LogP contribution < -0.4 is 0 Å². The number of nitrogens with zero attached hydrogens (tertiary/aromatic N) is 2. The fourth-order valence-corrected chi connectivity index (χ4v) is 5.99. The molecular weight excluding hydrogens is 644 g/mol. The topological polar surface area (TPSA) is 100 Å². The molecule has 8 rings (SSSR count). The predicted octanol–water partition coefficient (Wildman–Crippen LogP) is 11.1. The van der Waals surface area contributed by atoms with Crippen LogP contribution in [0.1, 0.15) is 84.9 Å². The third-order valence-corrected chi connectivity index (χ3v) is 8.53. The Labute approximate surface area is 303 Å². The summed E-state index contributed by atoms with van der Waals surface area (Å²) >= 11 is 0. The molecule has 0 unspecified atom stereocenters. The minimum atomic E-state index is -0.934. The zero-order valence-electron chi connectivity index (χ0n) is 27.7. The summed E-state index contributed by atoms with van der Waals surface area (Å²) in [4.78, 5) is 31.8. The van der Waals surface area contributed by atoms with Gasteiger partial charge in [0.15, 0.2) is 0 Å². The van der Waals surface area contributed by atoms with E-state index in [-0.39, 0.29) is 32.8 Å². The molecule has 2 fully saturated rings. The number of pyridine rings is 2. The average Bonchev–Trinajstić information content (AvgIpc) is 3.92. The number of carbonyl (C=O) groups is 2. The van der Waals surface area contributed by atoms with E-state index in [0.717, 1.165) is 11.1 Å². The number of benzene rings is 4. The standard InChI is InChI=1S/2C16H11NO2.2C5H10.Ti/c2*18-16(19)13-10-15(11-6-2-1-3-7-11)17-14-9-5-4-8-12(13)14;2*1-2-4-5-3-1;/h2*1-10H,(H,18,19);2*1-5H2;/q;;;;+2. The van der Waals surface area contributed by atoms with Gasteiger partial charge >= 0.3 is 33.7 Å². The minimum absolute atomic E-state index is 0. The van der Waals surface area contributed by atoms with Crippen LogP contribution in [0.2, 0.25) is 0 Å². The van der Waals surface area contributed by atoms with Crippen molar-refractivity contribution in [2.75, 3.05) is 0 Å². The van der Waals surface area contributed by atoms with Gasteiger partial charge in [-0.1, -0.05) is 161 Å². The number of hydrogen-bond acceptors (Lipinski definition) is 4. The molecule has 0 aliphatic heterocycles. The molecule has 2 heterocycles. The van der Waals surface area contributed by atoms with Crippen LogP contribution in [0.5, 0.6) is 0 Å². The third-order valence-electron chi connectivity index (χ3n) is 8.53. The molecule has 49 heavy (non-hydrogen) atoms. The summed E-state index contributed by atoms with van der Waals surface area (Å²) in [6.45, 7) is 0. The van der Waals surface area contributed by atoms with Crippen molar-refractivity contribution >= 4 is 33.7 Å². The van der Waals surface area contributed by atoms with Crippen LogP contribution in [0, 0.1) is 0 Å². The van der Waals surface area contributed by atoms with E-state index in [1.807, 2.05) is 97.1 Å². The number of carboxylic acid groups (broad SMARTS) is 2. The fourth-order valence-electron chi connectivity index (χ4n) is 5.99. The van der Waals surface area contributed by atoms with E-state index < -0.39 is 11.9 Å². The van der Waals surface area contributed by atoms with Gasteiger partial charge in [0.25, 0.3) is 0 Å². The second-order valence-electron chi connectivity index (χ2n) is 12.0. The molecule has 0 amide bonds. The second-order valence-corrected chi connectivity index (χ2v) is 12.0. The van der Waals surface area contributed by atoms with Gasteiger partial charge in [0.05, 0.1) is 33.5 Å². The minimum Gasteiger partial charge on any atom is -0.478 e. The van der Waals surface area contributed by atoms with Crippen molar-refractivity contribution in [1.82, 2.24) is 9.97 Å². The maximum Gasteiger partial charge on any atom is 2.00 e. The normalized spacial score (nSPS) is 13.1. The quantitative estimate of drug-likeness (QED) is 0.179. The number of rotatable bonds is 4. The summed E-state index contributed by atoms with van der Waals surface area (Å²) < 4.78 is 0. The monoisotopic (exact) mass is 686 g/mol. The van der Waals surface area contributed by atoms with Gasteiger partial charge in [-0.2, -0.15) is 0 Å². The van der Waals surface area contributed by atoms with Crippen LogP contribution in [-0.2, 0) is 21.7 Å². The van der Waals surface area contributed by atoms with Crippen molar-refractivity contribution in [3.8, 4) is 22.5 Å². The van der Waals surface area contributed by atoms with Gasteiger partial charge < -0.3 is 10.2 Å². The van der Waals surface area contributed by atoms with Gasteiger partial charge in [-0.05, 0) is 24.3 Å². The molecule has 0 radical (unpaired) electrons. The van der Waals surface area contributed by atoms with Gasteiger partial charge in [0, 0.05) is 21.9 Å². The summed E-state index contributed by atoms with van der Waals surface area (Å²) in [6, 6.07) is 37.0. The number of aromatic carboxylic acids is 2. The first-order valence-electron chi connectivity index (χ1n) is 16.9. The Hall–Kier alpha value is -4.65. The second kappa shape index (κ2) is 19.4. The fraction of sp³-hybridized carbons (Fsp3) is 0.238. The number of para-hydroxylation sites is 2. The zero-order chi connectivity index (χ0) is 33.6. The van der Waals surface area contributed by atoms with Crippen LogP contribution in [-0.4, -0.2) is 32.1 Å². The van der Waals surface area contributed by atoms with Crippen LogP contribution in [0.4, 0.5) is 0 Å². The molecule has 2 aliphatic carbocycles. The molecular formula is C42H42N2O4Ti+2. The van der Waals surface area contributed by atoms with E-state index >= 15 is 0 Å². The molecule has 0 spiro atoms. The molecule has 2 N–H and O–H groups in total.